The maximum Gasteiger partial charge on any atom is 0.451 e. The van der Waals surface area contributed by atoms with Crippen LogP contribution in [0.4, 0.5) is 24.5 Å². The number of rotatable bonds is 5. The van der Waals surface area contributed by atoms with Gasteiger partial charge >= 0.3 is 6.18 Å². The molecule has 0 atom stereocenters. The summed E-state index contributed by atoms with van der Waals surface area (Å²) in [5, 5.41) is 3.24. The summed E-state index contributed by atoms with van der Waals surface area (Å²) in [4.78, 5) is 18.1. The number of hydrogen-bond donors (Lipinski definition) is 1. The molecule has 180 valence electrons. The van der Waals surface area contributed by atoms with Gasteiger partial charge in [-0.25, -0.2) is 15.0 Å². The lowest BCUT2D eigenvalue weighted by Gasteiger charge is -2.31. The first-order chi connectivity index (χ1) is 16.5. The van der Waals surface area contributed by atoms with Gasteiger partial charge in [0.2, 0.25) is 5.82 Å². The van der Waals surface area contributed by atoms with Gasteiger partial charge in [-0.2, -0.15) is 13.2 Å². The Balaban J connectivity index is 1.23. The molecule has 11 heteroatoms. The van der Waals surface area contributed by atoms with E-state index in [2.05, 4.69) is 30.2 Å². The summed E-state index contributed by atoms with van der Waals surface area (Å²) in [6.45, 7) is 3.01. The van der Waals surface area contributed by atoms with E-state index in [1.165, 1.54) is 12.4 Å². The number of fused-ring (bicyclic) bond motifs is 1. The number of hydrogen-bond acceptors (Lipinski definition) is 8. The van der Waals surface area contributed by atoms with Crippen LogP contribution in [-0.4, -0.2) is 58.4 Å². The van der Waals surface area contributed by atoms with E-state index < -0.39 is 12.0 Å². The summed E-state index contributed by atoms with van der Waals surface area (Å²) in [5.41, 5.74) is 3.06. The zero-order valence-electron chi connectivity index (χ0n) is 18.5. The van der Waals surface area contributed by atoms with E-state index in [4.69, 9.17) is 9.47 Å². The fourth-order valence-electron chi connectivity index (χ4n) is 4.41. The first-order valence-electron chi connectivity index (χ1n) is 11.4. The number of halogens is 3. The van der Waals surface area contributed by atoms with Crippen molar-refractivity contribution in [2.75, 3.05) is 36.5 Å². The number of nitrogens with one attached hydrogen (secondary N) is 1. The van der Waals surface area contributed by atoms with Crippen LogP contribution in [0.3, 0.4) is 0 Å². The van der Waals surface area contributed by atoms with Gasteiger partial charge in [-0.05, 0) is 31.7 Å². The van der Waals surface area contributed by atoms with Crippen LogP contribution in [-0.2, 0) is 10.9 Å². The summed E-state index contributed by atoms with van der Waals surface area (Å²) in [6, 6.07) is 4.19. The number of alkyl halides is 3. The van der Waals surface area contributed by atoms with Crippen molar-refractivity contribution in [1.82, 2.24) is 19.9 Å². The van der Waals surface area contributed by atoms with Crippen molar-refractivity contribution < 1.29 is 22.6 Å². The Kier molecular flexibility index (Phi) is 6.36. The summed E-state index contributed by atoms with van der Waals surface area (Å²) in [5.74, 6) is -0.413. The number of ether oxygens (including phenoxy) is 2. The molecule has 1 aromatic carbocycles. The molecule has 1 aliphatic carbocycles. The Hall–Kier alpha value is -3.21. The van der Waals surface area contributed by atoms with Gasteiger partial charge in [-0.15, -0.1) is 0 Å². The molecule has 2 aromatic heterocycles. The van der Waals surface area contributed by atoms with Crippen LogP contribution in [0.25, 0.3) is 11.0 Å². The molecular formula is C23H25F3N6O2. The average Bonchev–Trinajstić information content (AvgIpc) is 2.85. The van der Waals surface area contributed by atoms with Crippen molar-refractivity contribution in [3.05, 3.63) is 42.7 Å². The Morgan fingerprint density at radius 3 is 2.35 bits per heavy atom. The third-order valence-corrected chi connectivity index (χ3v) is 6.14. The molecule has 8 nitrogen and oxygen atoms in total. The molecule has 0 amide bonds. The highest BCUT2D eigenvalue weighted by atomic mass is 19.4. The first-order valence-corrected chi connectivity index (χ1v) is 11.4. The molecule has 1 saturated heterocycles. The molecule has 3 heterocycles. The molecule has 1 saturated carbocycles. The topological polar surface area (TPSA) is 85.3 Å². The number of nitrogens with zero attached hydrogens (tertiary/aromatic N) is 5. The van der Waals surface area contributed by atoms with E-state index in [0.717, 1.165) is 61.2 Å². The van der Waals surface area contributed by atoms with Crippen LogP contribution in [0.2, 0.25) is 0 Å². The van der Waals surface area contributed by atoms with E-state index >= 15 is 0 Å². The second-order valence-electron chi connectivity index (χ2n) is 8.50. The fourth-order valence-corrected chi connectivity index (χ4v) is 4.41. The van der Waals surface area contributed by atoms with E-state index in [-0.39, 0.29) is 12.1 Å². The van der Waals surface area contributed by atoms with Crippen LogP contribution in [0.5, 0.6) is 5.75 Å². The van der Waals surface area contributed by atoms with Crippen molar-refractivity contribution in [1.29, 1.82) is 0 Å². The highest BCUT2D eigenvalue weighted by molar-refractivity contribution is 5.85. The minimum atomic E-state index is -4.54. The fraction of sp³-hybridized carbons (Fsp3) is 0.478. The largest absolute Gasteiger partial charge is 0.488 e. The molecule has 1 N–H and O–H groups in total. The summed E-state index contributed by atoms with van der Waals surface area (Å²) in [7, 11) is 0. The maximum absolute atomic E-state index is 12.7. The van der Waals surface area contributed by atoms with Crippen molar-refractivity contribution >= 4 is 22.4 Å². The van der Waals surface area contributed by atoms with Gasteiger partial charge in [0.1, 0.15) is 11.3 Å². The predicted molar refractivity (Wildman–Crippen MR) is 120 cm³/mol. The standard InChI is InChI=1S/C23H25F3N6O2/c24-23(25,26)22-29-13-16(14-30-22)31-15-1-3-18(4-2-15)34-20-12-17(32-7-9-33-10-8-32)11-19-21(20)28-6-5-27-19/h5-6,11-15,18,31H,1-4,7-10H2. The summed E-state index contributed by atoms with van der Waals surface area (Å²) < 4.78 is 49.8. The van der Waals surface area contributed by atoms with Gasteiger partial charge in [-0.1, -0.05) is 0 Å². The van der Waals surface area contributed by atoms with Crippen LogP contribution in [0.1, 0.15) is 31.5 Å². The molecule has 1 aliphatic heterocycles. The number of benzene rings is 1. The molecule has 5 rings (SSSR count). The quantitative estimate of drug-likeness (QED) is 0.592. The lowest BCUT2D eigenvalue weighted by Crippen LogP contribution is -2.36. The zero-order chi connectivity index (χ0) is 23.5. The van der Waals surface area contributed by atoms with Crippen LogP contribution >= 0.6 is 0 Å². The van der Waals surface area contributed by atoms with Crippen molar-refractivity contribution in [3.8, 4) is 5.75 Å². The molecule has 34 heavy (non-hydrogen) atoms. The average molecular weight is 474 g/mol. The SMILES string of the molecule is FC(F)(F)c1ncc(NC2CCC(Oc3cc(N4CCOCC4)cc4nccnc34)CC2)cn1. The minimum Gasteiger partial charge on any atom is -0.488 e. The van der Waals surface area contributed by atoms with E-state index in [9.17, 15) is 13.2 Å². The number of anilines is 2. The molecule has 0 unspecified atom stereocenters. The lowest BCUT2D eigenvalue weighted by molar-refractivity contribution is -0.144. The predicted octanol–water partition coefficient (Wildman–Crippen LogP) is 4.08. The van der Waals surface area contributed by atoms with Crippen molar-refractivity contribution in [2.45, 2.75) is 44.0 Å². The molecule has 0 spiro atoms. The van der Waals surface area contributed by atoms with Crippen LogP contribution in [0.15, 0.2) is 36.9 Å². The maximum atomic E-state index is 12.7. The lowest BCUT2D eigenvalue weighted by atomic mass is 9.93. The normalized spacial score (nSPS) is 21.4. The highest BCUT2D eigenvalue weighted by Gasteiger charge is 2.34. The second kappa shape index (κ2) is 9.57. The third-order valence-electron chi connectivity index (χ3n) is 6.14. The van der Waals surface area contributed by atoms with Gasteiger partial charge < -0.3 is 19.7 Å². The molecule has 2 fully saturated rings. The Morgan fingerprint density at radius 2 is 1.65 bits per heavy atom. The summed E-state index contributed by atoms with van der Waals surface area (Å²) in [6.07, 6.45) is 4.44. The number of aromatic nitrogens is 4. The van der Waals surface area contributed by atoms with Crippen molar-refractivity contribution in [3.63, 3.8) is 0 Å². The zero-order valence-corrected chi connectivity index (χ0v) is 18.5. The van der Waals surface area contributed by atoms with Crippen LogP contribution in [0, 0.1) is 0 Å². The van der Waals surface area contributed by atoms with E-state index in [0.29, 0.717) is 18.9 Å². The third kappa shape index (κ3) is 5.14. The van der Waals surface area contributed by atoms with E-state index in [1.54, 1.807) is 12.4 Å². The number of morpholine rings is 1. The van der Waals surface area contributed by atoms with Gasteiger partial charge in [0.25, 0.3) is 0 Å². The summed E-state index contributed by atoms with van der Waals surface area (Å²) >= 11 is 0. The molecule has 3 aromatic rings. The Bertz CT molecular complexity index is 1110. The minimum absolute atomic E-state index is 0.0204. The second-order valence-corrected chi connectivity index (χ2v) is 8.50. The molecule has 2 aliphatic rings. The van der Waals surface area contributed by atoms with Crippen molar-refractivity contribution in [2.24, 2.45) is 0 Å². The van der Waals surface area contributed by atoms with Crippen LogP contribution < -0.4 is 15.0 Å². The van der Waals surface area contributed by atoms with Gasteiger partial charge in [0, 0.05) is 43.3 Å². The van der Waals surface area contributed by atoms with Gasteiger partial charge in [-0.3, -0.25) is 4.98 Å². The van der Waals surface area contributed by atoms with Gasteiger partial charge in [0.15, 0.2) is 0 Å². The monoisotopic (exact) mass is 474 g/mol. The highest BCUT2D eigenvalue weighted by Crippen LogP contribution is 2.33. The molecular weight excluding hydrogens is 449 g/mol. The van der Waals surface area contributed by atoms with E-state index in [1.807, 2.05) is 12.1 Å². The van der Waals surface area contributed by atoms with Gasteiger partial charge in [0.05, 0.1) is 42.9 Å². The Morgan fingerprint density at radius 1 is 0.941 bits per heavy atom. The molecule has 0 bridgehead atoms. The Labute approximate surface area is 194 Å². The molecule has 0 radical (unpaired) electrons. The first kappa shape index (κ1) is 22.6. The smallest absolute Gasteiger partial charge is 0.451 e.